The molecule has 0 spiro atoms. The van der Waals surface area contributed by atoms with Gasteiger partial charge >= 0.3 is 187 Å². The van der Waals surface area contributed by atoms with E-state index in [-0.39, 0.29) is 27.5 Å². The molecule has 0 bridgehead atoms. The Labute approximate surface area is 187 Å². The summed E-state index contributed by atoms with van der Waals surface area (Å²) in [6.07, 6.45) is -3.04. The van der Waals surface area contributed by atoms with Gasteiger partial charge in [0.25, 0.3) is 0 Å². The summed E-state index contributed by atoms with van der Waals surface area (Å²) >= 11 is -0.366. The molecule has 170 valence electrons. The summed E-state index contributed by atoms with van der Waals surface area (Å²) in [6.45, 7) is 6.61. The van der Waals surface area contributed by atoms with Gasteiger partial charge < -0.3 is 0 Å². The third-order valence-corrected chi connectivity index (χ3v) is 7.10. The van der Waals surface area contributed by atoms with Crippen molar-refractivity contribution in [2.24, 2.45) is 0 Å². The second kappa shape index (κ2) is 10.7. The molecule has 9 nitrogen and oxygen atoms in total. The van der Waals surface area contributed by atoms with Gasteiger partial charge in [0.05, 0.1) is 0 Å². The summed E-state index contributed by atoms with van der Waals surface area (Å²) < 4.78 is 22.4. The molecule has 10 heteroatoms. The van der Waals surface area contributed by atoms with Crippen molar-refractivity contribution in [3.05, 3.63) is 30.3 Å². The standard InChI is InChI=1S/C21H27NO8Se/c1-12(23)22-20-19(29-15(4)26)18(28-14(3)25)17(11-27-13(2)24)30-21(20,5)31-16-9-7-6-8-10-16/h6-10,17-20H,11H2,1-5H3,(H,22,23)/t17-,18-,19+,20+,21-/m1/s1. The van der Waals surface area contributed by atoms with Crippen molar-refractivity contribution in [3.63, 3.8) is 0 Å². The number of hydrogen-bond donors (Lipinski definition) is 1. The van der Waals surface area contributed by atoms with Gasteiger partial charge in [0, 0.05) is 0 Å². The Morgan fingerprint density at radius 2 is 1.55 bits per heavy atom. The van der Waals surface area contributed by atoms with Crippen LogP contribution in [0.1, 0.15) is 34.6 Å². The predicted octanol–water partition coefficient (Wildman–Crippen LogP) is 0.0623. The number of hydrogen-bond acceptors (Lipinski definition) is 8. The number of carbonyl (C=O) groups is 4. The number of carbonyl (C=O) groups excluding carboxylic acids is 4. The van der Waals surface area contributed by atoms with E-state index in [1.807, 2.05) is 30.3 Å². The Morgan fingerprint density at radius 1 is 0.968 bits per heavy atom. The van der Waals surface area contributed by atoms with E-state index in [0.29, 0.717) is 0 Å². The number of benzene rings is 1. The van der Waals surface area contributed by atoms with Gasteiger partial charge in [-0.05, 0) is 0 Å². The molecule has 1 saturated heterocycles. The molecule has 1 aromatic carbocycles. The molecule has 0 aliphatic carbocycles. The van der Waals surface area contributed by atoms with Crippen LogP contribution in [0.25, 0.3) is 0 Å². The molecule has 31 heavy (non-hydrogen) atoms. The maximum absolute atomic E-state index is 12.0. The van der Waals surface area contributed by atoms with Gasteiger partial charge in [-0.2, -0.15) is 0 Å². The fourth-order valence-electron chi connectivity index (χ4n) is 3.37. The fourth-order valence-corrected chi connectivity index (χ4v) is 6.00. The molecule has 1 N–H and O–H groups in total. The van der Waals surface area contributed by atoms with E-state index in [2.05, 4.69) is 5.32 Å². The molecular formula is C21H27NO8Se. The molecule has 1 fully saturated rings. The van der Waals surface area contributed by atoms with E-state index in [9.17, 15) is 19.2 Å². The van der Waals surface area contributed by atoms with E-state index >= 15 is 0 Å². The molecule has 5 atom stereocenters. The van der Waals surface area contributed by atoms with Gasteiger partial charge in [0.1, 0.15) is 0 Å². The zero-order valence-corrected chi connectivity index (χ0v) is 19.8. The number of nitrogens with one attached hydrogen (secondary N) is 1. The molecule has 1 aliphatic heterocycles. The van der Waals surface area contributed by atoms with Crippen molar-refractivity contribution in [2.45, 2.75) is 63.5 Å². The summed E-state index contributed by atoms with van der Waals surface area (Å²) in [4.78, 5) is 47.2. The van der Waals surface area contributed by atoms with Crippen LogP contribution in [0.5, 0.6) is 0 Å². The Balaban J connectivity index is 2.52. The average molecular weight is 500 g/mol. The molecule has 1 heterocycles. The molecule has 2 rings (SSSR count). The van der Waals surface area contributed by atoms with E-state index in [4.69, 9.17) is 18.9 Å². The van der Waals surface area contributed by atoms with Gasteiger partial charge in [-0.1, -0.05) is 0 Å². The Kier molecular flexibility index (Phi) is 8.61. The first-order valence-electron chi connectivity index (χ1n) is 9.68. The number of amides is 1. The second-order valence-electron chi connectivity index (χ2n) is 7.22. The second-order valence-corrected chi connectivity index (χ2v) is 10.3. The number of ether oxygens (including phenoxy) is 4. The van der Waals surface area contributed by atoms with Crippen molar-refractivity contribution in [1.82, 2.24) is 5.32 Å². The predicted molar refractivity (Wildman–Crippen MR) is 110 cm³/mol. The van der Waals surface area contributed by atoms with Crippen LogP contribution in [-0.4, -0.2) is 74.2 Å². The first-order valence-corrected chi connectivity index (χ1v) is 11.4. The minimum atomic E-state index is -1.09. The fraction of sp³-hybridized carbons (Fsp3) is 0.524. The average Bonchev–Trinajstić information content (AvgIpc) is 2.65. The van der Waals surface area contributed by atoms with Gasteiger partial charge in [0.2, 0.25) is 0 Å². The van der Waals surface area contributed by atoms with Gasteiger partial charge in [-0.3, -0.25) is 0 Å². The van der Waals surface area contributed by atoms with Crippen molar-refractivity contribution < 1.29 is 38.1 Å². The van der Waals surface area contributed by atoms with Crippen LogP contribution < -0.4 is 9.78 Å². The monoisotopic (exact) mass is 501 g/mol. The first-order chi connectivity index (χ1) is 14.5. The minimum absolute atomic E-state index is 0.210. The van der Waals surface area contributed by atoms with E-state index < -0.39 is 46.8 Å². The zero-order chi connectivity index (χ0) is 23.2. The topological polar surface area (TPSA) is 117 Å². The van der Waals surface area contributed by atoms with Crippen LogP contribution in [0.4, 0.5) is 0 Å². The molecule has 1 aromatic rings. The molecule has 0 aromatic heterocycles. The van der Waals surface area contributed by atoms with Crippen molar-refractivity contribution in [3.8, 4) is 0 Å². The normalized spacial score (nSPS) is 27.6. The first kappa shape index (κ1) is 24.8. The summed E-state index contributed by atoms with van der Waals surface area (Å²) in [7, 11) is 0. The summed E-state index contributed by atoms with van der Waals surface area (Å²) in [5, 5.41) is 2.81. The van der Waals surface area contributed by atoms with Crippen LogP contribution in [0.15, 0.2) is 30.3 Å². The SMILES string of the molecule is CC(=O)N[C@H]1[C@@H](OC(C)=O)[C@H](OC(C)=O)[C@@H](COC(C)=O)O[C@]1(C)[Se]c1ccccc1. The Hall–Kier alpha value is -2.42. The maximum atomic E-state index is 12.0. The Bertz CT molecular complexity index is 817. The van der Waals surface area contributed by atoms with Crippen molar-refractivity contribution >= 4 is 43.2 Å². The zero-order valence-electron chi connectivity index (χ0n) is 18.1. The van der Waals surface area contributed by atoms with E-state index in [0.717, 1.165) is 4.46 Å². The van der Waals surface area contributed by atoms with E-state index in [1.54, 1.807) is 6.92 Å². The molecule has 1 aliphatic rings. The molecule has 1 amide bonds. The number of rotatable bonds is 7. The van der Waals surface area contributed by atoms with Crippen molar-refractivity contribution in [2.75, 3.05) is 6.61 Å². The summed E-state index contributed by atoms with van der Waals surface area (Å²) in [5.74, 6) is -2.13. The van der Waals surface area contributed by atoms with Crippen LogP contribution in [0.2, 0.25) is 0 Å². The van der Waals surface area contributed by atoms with Gasteiger partial charge in [0.15, 0.2) is 0 Å². The van der Waals surface area contributed by atoms with Crippen molar-refractivity contribution in [1.29, 1.82) is 0 Å². The Morgan fingerprint density at radius 3 is 2.06 bits per heavy atom. The van der Waals surface area contributed by atoms with Crippen LogP contribution >= 0.6 is 0 Å². The van der Waals surface area contributed by atoms with Crippen LogP contribution in [-0.2, 0) is 38.1 Å². The van der Waals surface area contributed by atoms with Gasteiger partial charge in [-0.25, -0.2) is 0 Å². The third kappa shape index (κ3) is 7.05. The molecule has 0 radical (unpaired) electrons. The molecular weight excluding hydrogens is 473 g/mol. The quantitative estimate of drug-likeness (QED) is 0.318. The van der Waals surface area contributed by atoms with E-state index in [1.165, 1.54) is 27.7 Å². The third-order valence-electron chi connectivity index (χ3n) is 4.45. The molecule has 0 saturated carbocycles. The number of esters is 3. The summed E-state index contributed by atoms with van der Waals surface area (Å²) in [5.41, 5.74) is 0. The van der Waals surface area contributed by atoms with Crippen LogP contribution in [0.3, 0.4) is 0 Å². The molecule has 0 unspecified atom stereocenters. The van der Waals surface area contributed by atoms with Crippen LogP contribution in [0, 0.1) is 0 Å². The van der Waals surface area contributed by atoms with Gasteiger partial charge in [-0.15, -0.1) is 0 Å². The summed E-state index contributed by atoms with van der Waals surface area (Å²) in [6, 6.07) is 8.71.